The number of anilines is 2. The first-order valence-corrected chi connectivity index (χ1v) is 13.2. The number of rotatable bonds is 8. The van der Waals surface area contributed by atoms with Crippen molar-refractivity contribution in [3.8, 4) is 0 Å². The van der Waals surface area contributed by atoms with Gasteiger partial charge in [-0.15, -0.1) is 17.0 Å². The molecule has 0 saturated carbocycles. The number of aliphatic hydroxyl groups excluding tert-OH is 1. The van der Waals surface area contributed by atoms with E-state index in [1.54, 1.807) is 40.8 Å². The Bertz CT molecular complexity index is 1630. The summed E-state index contributed by atoms with van der Waals surface area (Å²) < 4.78 is 2.25. The van der Waals surface area contributed by atoms with Crippen molar-refractivity contribution in [2.45, 2.75) is 19.0 Å². The second-order valence-electron chi connectivity index (χ2n) is 11.1. The molecule has 0 fully saturated rings. The highest BCUT2D eigenvalue weighted by Crippen LogP contribution is 2.43. The van der Waals surface area contributed by atoms with Crippen molar-refractivity contribution < 1.29 is 36.3 Å². The third-order valence-electron chi connectivity index (χ3n) is 7.67. The predicted octanol–water partition coefficient (Wildman–Crippen LogP) is 2.16. The molecule has 222 valence electrons. The molecule has 1 aromatic heterocycles. The maximum Gasteiger partial charge on any atom is 0.323 e. The quantitative estimate of drug-likeness (QED) is 0.0962. The van der Waals surface area contributed by atoms with Crippen molar-refractivity contribution >= 4 is 56.9 Å². The van der Waals surface area contributed by atoms with Gasteiger partial charge in [-0.05, 0) is 39.6 Å². The average molecular weight is 701 g/mol. The molecule has 0 saturated heterocycles. The Labute approximate surface area is 266 Å². The summed E-state index contributed by atoms with van der Waals surface area (Å²) in [4.78, 5) is 25.8. The summed E-state index contributed by atoms with van der Waals surface area (Å²) in [6.07, 6.45) is 3.36. The van der Waals surface area contributed by atoms with Gasteiger partial charge in [-0.25, -0.2) is 4.57 Å². The van der Waals surface area contributed by atoms with Crippen LogP contribution in [0.25, 0.3) is 16.8 Å². The molecule has 1 unspecified atom stereocenters. The molecule has 1 aliphatic heterocycles. The third kappa shape index (κ3) is 6.59. The largest absolute Gasteiger partial charge is 1.00 e. The number of nitro groups is 1. The summed E-state index contributed by atoms with van der Waals surface area (Å²) in [5.74, 6) is -0.243. The van der Waals surface area contributed by atoms with Crippen LogP contribution in [0.15, 0.2) is 72.8 Å². The minimum Gasteiger partial charge on any atom is -1.00 e. The molecular weight excluding hydrogens is 666 g/mol. The Morgan fingerprint density at radius 3 is 2.38 bits per heavy atom. The summed E-state index contributed by atoms with van der Waals surface area (Å²) >= 11 is 0. The SMILES string of the molecule is Br.Cn1c(C[N+](C)(C)Cc2ccc(/C=C/C(=O)N3CC(CO)c4c3cc(N)c3ccccc43)cc2)ccc1[N+](=O)[O-].[Br-]. The molecular formula is C31H35Br2N5O4. The van der Waals surface area contributed by atoms with Crippen LogP contribution in [-0.4, -0.2) is 52.2 Å². The minimum atomic E-state index is -0.370. The van der Waals surface area contributed by atoms with E-state index in [-0.39, 0.29) is 63.1 Å². The van der Waals surface area contributed by atoms with Gasteiger partial charge in [0.25, 0.3) is 5.91 Å². The smallest absolute Gasteiger partial charge is 0.323 e. The van der Waals surface area contributed by atoms with E-state index in [4.69, 9.17) is 5.73 Å². The second-order valence-corrected chi connectivity index (χ2v) is 11.1. The number of quaternary nitrogens is 1. The molecule has 3 aromatic carbocycles. The Balaban J connectivity index is 0.00000242. The summed E-state index contributed by atoms with van der Waals surface area (Å²) in [5, 5.41) is 23.1. The molecule has 4 aromatic rings. The first kappa shape index (κ1) is 33.0. The molecule has 1 atom stereocenters. The van der Waals surface area contributed by atoms with Crippen molar-refractivity contribution in [3.05, 3.63) is 105 Å². The Hall–Kier alpha value is -3.51. The number of carbonyl (C=O) groups excluding carboxylic acids is 1. The molecule has 42 heavy (non-hydrogen) atoms. The summed E-state index contributed by atoms with van der Waals surface area (Å²) in [6.45, 7) is 1.74. The van der Waals surface area contributed by atoms with E-state index < -0.39 is 0 Å². The van der Waals surface area contributed by atoms with Crippen LogP contribution in [0.3, 0.4) is 0 Å². The van der Waals surface area contributed by atoms with Gasteiger partial charge in [0.05, 0.1) is 33.4 Å². The summed E-state index contributed by atoms with van der Waals surface area (Å²) in [6, 6.07) is 21.0. The molecule has 5 rings (SSSR count). The van der Waals surface area contributed by atoms with E-state index >= 15 is 0 Å². The number of nitrogen functional groups attached to an aromatic ring is 1. The van der Waals surface area contributed by atoms with Crippen LogP contribution in [0.4, 0.5) is 17.2 Å². The van der Waals surface area contributed by atoms with Crippen molar-refractivity contribution in [3.63, 3.8) is 0 Å². The first-order chi connectivity index (χ1) is 19.1. The van der Waals surface area contributed by atoms with Crippen molar-refractivity contribution in [1.29, 1.82) is 0 Å². The maximum atomic E-state index is 13.3. The lowest BCUT2D eigenvalue weighted by atomic mass is 9.94. The van der Waals surface area contributed by atoms with Gasteiger partial charge in [-0.1, -0.05) is 48.5 Å². The monoisotopic (exact) mass is 699 g/mol. The number of nitrogens with zero attached hydrogens (tertiary/aromatic N) is 4. The zero-order valence-corrected chi connectivity index (χ0v) is 27.0. The lowest BCUT2D eigenvalue weighted by molar-refractivity contribution is -0.917. The molecule has 9 nitrogen and oxygen atoms in total. The molecule has 0 bridgehead atoms. The van der Waals surface area contributed by atoms with Gasteiger partial charge < -0.3 is 47.3 Å². The highest BCUT2D eigenvalue weighted by atomic mass is 79.9. The fraction of sp³-hybridized carbons (Fsp3) is 0.258. The number of hydrogen-bond donors (Lipinski definition) is 2. The van der Waals surface area contributed by atoms with Gasteiger partial charge in [-0.3, -0.25) is 4.79 Å². The van der Waals surface area contributed by atoms with E-state index in [9.17, 15) is 20.0 Å². The highest BCUT2D eigenvalue weighted by Gasteiger charge is 2.33. The van der Waals surface area contributed by atoms with Crippen LogP contribution in [0, 0.1) is 10.1 Å². The summed E-state index contributed by atoms with van der Waals surface area (Å²) in [5.41, 5.74) is 11.6. The molecule has 0 radical (unpaired) electrons. The lowest BCUT2D eigenvalue weighted by Gasteiger charge is -2.29. The maximum absolute atomic E-state index is 13.3. The Morgan fingerprint density at radius 2 is 1.76 bits per heavy atom. The first-order valence-electron chi connectivity index (χ1n) is 13.2. The number of benzene rings is 3. The number of fused-ring (bicyclic) bond motifs is 3. The number of halogens is 2. The van der Waals surface area contributed by atoms with Gasteiger partial charge in [0.2, 0.25) is 0 Å². The molecule has 0 spiro atoms. The highest BCUT2D eigenvalue weighted by molar-refractivity contribution is 8.93. The van der Waals surface area contributed by atoms with E-state index in [1.807, 2.05) is 54.6 Å². The third-order valence-corrected chi connectivity index (χ3v) is 7.67. The fourth-order valence-corrected chi connectivity index (χ4v) is 5.69. The lowest BCUT2D eigenvalue weighted by Crippen LogP contribution is -3.00. The van der Waals surface area contributed by atoms with Gasteiger partial charge in [0.1, 0.15) is 13.1 Å². The van der Waals surface area contributed by atoms with Crippen LogP contribution in [-0.2, 0) is 24.9 Å². The molecule has 1 amide bonds. The predicted molar refractivity (Wildman–Crippen MR) is 168 cm³/mol. The topological polar surface area (TPSA) is 115 Å². The minimum absolute atomic E-state index is 0. The van der Waals surface area contributed by atoms with Crippen molar-refractivity contribution in [1.82, 2.24) is 4.57 Å². The normalized spacial score (nSPS) is 14.5. The number of amides is 1. The van der Waals surface area contributed by atoms with Gasteiger partial charge in [0.15, 0.2) is 5.69 Å². The Kier molecular flexibility index (Phi) is 10.4. The standard InChI is InChI=1S/C31H34N5O4.2BrH/c1-33-24(13-14-29(33)35(39)40)19-36(2,3)18-22-10-8-21(9-11-22)12-15-30(38)34-17-23(20-37)31-26-7-5-4-6-25(26)27(32)16-28(31)34;;/h4-16,23,37H,17-20,32H2,1-3H3;2*1H/q+1;;/p-1/b15-12+;;. The number of hydrogen-bond acceptors (Lipinski definition) is 5. The zero-order chi connectivity index (χ0) is 28.6. The van der Waals surface area contributed by atoms with Gasteiger partial charge >= 0.3 is 5.82 Å². The Morgan fingerprint density at radius 1 is 1.10 bits per heavy atom. The van der Waals surface area contributed by atoms with Gasteiger partial charge in [-0.2, -0.15) is 0 Å². The number of carbonyl (C=O) groups is 1. The molecule has 2 heterocycles. The van der Waals surface area contributed by atoms with E-state index in [2.05, 4.69) is 14.1 Å². The van der Waals surface area contributed by atoms with Crippen molar-refractivity contribution in [2.75, 3.05) is 37.9 Å². The number of aromatic nitrogens is 1. The van der Waals surface area contributed by atoms with Crippen molar-refractivity contribution in [2.24, 2.45) is 7.05 Å². The molecule has 3 N–H and O–H groups in total. The van der Waals surface area contributed by atoms with Crippen LogP contribution in [0.5, 0.6) is 0 Å². The number of aliphatic hydroxyl groups is 1. The zero-order valence-electron chi connectivity index (χ0n) is 23.7. The molecule has 11 heteroatoms. The fourth-order valence-electron chi connectivity index (χ4n) is 5.69. The van der Waals surface area contributed by atoms with Crippen LogP contribution in [0.1, 0.15) is 28.3 Å². The summed E-state index contributed by atoms with van der Waals surface area (Å²) in [7, 11) is 5.90. The van der Waals surface area contributed by atoms with Gasteiger partial charge in [0, 0.05) is 41.2 Å². The van der Waals surface area contributed by atoms with Crippen LogP contribution >= 0.6 is 17.0 Å². The average Bonchev–Trinajstić information content (AvgIpc) is 3.48. The van der Waals surface area contributed by atoms with E-state index in [0.29, 0.717) is 23.3 Å². The second kappa shape index (κ2) is 13.2. The molecule has 1 aliphatic rings. The van der Waals surface area contributed by atoms with E-state index in [0.717, 1.165) is 45.4 Å². The molecule has 0 aliphatic carbocycles. The number of nitrogens with two attached hydrogens (primary N) is 1. The van der Waals surface area contributed by atoms with E-state index in [1.165, 1.54) is 0 Å². The van der Waals surface area contributed by atoms with Crippen LogP contribution < -0.4 is 27.6 Å². The van der Waals surface area contributed by atoms with Crippen LogP contribution in [0.2, 0.25) is 0 Å².